The van der Waals surface area contributed by atoms with Crippen LogP contribution in [0.5, 0.6) is 5.75 Å². The van der Waals surface area contributed by atoms with Crippen LogP contribution in [0.3, 0.4) is 0 Å². The van der Waals surface area contributed by atoms with Crippen LogP contribution >= 0.6 is 0 Å². The Bertz CT molecular complexity index is 625. The Balaban J connectivity index is 2.00. The molecule has 1 saturated carbocycles. The summed E-state index contributed by atoms with van der Waals surface area (Å²) in [6, 6.07) is 8.34. The van der Waals surface area contributed by atoms with Crippen molar-refractivity contribution in [2.24, 2.45) is 0 Å². The van der Waals surface area contributed by atoms with Crippen molar-refractivity contribution in [2.75, 3.05) is 20.7 Å². The highest BCUT2D eigenvalue weighted by atomic mass is 16.5. The van der Waals surface area contributed by atoms with Crippen LogP contribution in [0.25, 0.3) is 0 Å². The molecule has 1 heterocycles. The summed E-state index contributed by atoms with van der Waals surface area (Å²) in [5.41, 5.74) is 2.68. The highest BCUT2D eigenvalue weighted by Gasteiger charge is 2.44. The van der Waals surface area contributed by atoms with Crippen molar-refractivity contribution in [3.63, 3.8) is 0 Å². The highest BCUT2D eigenvalue weighted by Crippen LogP contribution is 2.49. The monoisotopic (exact) mass is 315 g/mol. The molecule has 2 aliphatic rings. The second kappa shape index (κ2) is 6.26. The van der Waals surface area contributed by atoms with E-state index in [0.29, 0.717) is 0 Å². The van der Waals surface area contributed by atoms with E-state index in [-0.39, 0.29) is 17.5 Å². The number of fused-ring (bicyclic) bond motifs is 1. The molecule has 23 heavy (non-hydrogen) atoms. The van der Waals surface area contributed by atoms with E-state index in [1.807, 2.05) is 12.1 Å². The summed E-state index contributed by atoms with van der Waals surface area (Å²) in [5, 5.41) is 0. The fourth-order valence-electron chi connectivity index (χ4n) is 4.03. The number of ether oxygens (including phenoxy) is 2. The van der Waals surface area contributed by atoms with Crippen LogP contribution in [0.1, 0.15) is 38.2 Å². The molecule has 0 radical (unpaired) electrons. The van der Waals surface area contributed by atoms with Crippen LogP contribution in [0.2, 0.25) is 0 Å². The Hall–Kier alpha value is -1.97. The molecule has 0 amide bonds. The van der Waals surface area contributed by atoms with Crippen LogP contribution in [0.15, 0.2) is 36.0 Å². The zero-order valence-corrected chi connectivity index (χ0v) is 14.2. The number of carbonyl (C=O) groups excluding carboxylic acids is 1. The fraction of sp³-hybridized carbons (Fsp3) is 0.526. The van der Waals surface area contributed by atoms with Crippen molar-refractivity contribution in [3.05, 3.63) is 41.6 Å². The van der Waals surface area contributed by atoms with Crippen molar-refractivity contribution in [1.82, 2.24) is 4.90 Å². The minimum Gasteiger partial charge on any atom is -0.497 e. The molecule has 0 spiro atoms. The number of hydrogen-bond acceptors (Lipinski definition) is 4. The van der Waals surface area contributed by atoms with Crippen molar-refractivity contribution in [2.45, 2.75) is 44.1 Å². The molecule has 1 aliphatic carbocycles. The lowest BCUT2D eigenvalue weighted by atomic mass is 9.62. The van der Waals surface area contributed by atoms with E-state index in [1.54, 1.807) is 7.11 Å². The quantitative estimate of drug-likeness (QED) is 0.803. The third-order valence-electron chi connectivity index (χ3n) is 5.15. The molecule has 124 valence electrons. The standard InChI is InChI=1S/C19H25NO3/c1-14(21)23-18-8-7-16-13-20(2)10-9-19(16,12-18)15-5-4-6-17(11-15)22-3/h4-6,11,13,18H,7-10,12H2,1-3H3/t18?,19-/m1/s1. The maximum Gasteiger partial charge on any atom is 0.302 e. The smallest absolute Gasteiger partial charge is 0.302 e. The van der Waals surface area contributed by atoms with Gasteiger partial charge in [-0.05, 0) is 55.2 Å². The van der Waals surface area contributed by atoms with E-state index < -0.39 is 0 Å². The molecule has 0 bridgehead atoms. The van der Waals surface area contributed by atoms with Gasteiger partial charge in [-0.25, -0.2) is 0 Å². The first-order valence-corrected chi connectivity index (χ1v) is 8.27. The molecule has 4 heteroatoms. The molecular formula is C19H25NO3. The number of nitrogens with zero attached hydrogens (tertiary/aromatic N) is 1. The molecule has 3 rings (SSSR count). The Morgan fingerprint density at radius 1 is 1.39 bits per heavy atom. The number of methoxy groups -OCH3 is 1. The molecule has 1 aliphatic heterocycles. The first kappa shape index (κ1) is 15.9. The van der Waals surface area contributed by atoms with Crippen molar-refractivity contribution >= 4 is 5.97 Å². The van der Waals surface area contributed by atoms with Crippen LogP contribution in [-0.2, 0) is 14.9 Å². The lowest BCUT2D eigenvalue weighted by Crippen LogP contribution is -2.44. The van der Waals surface area contributed by atoms with E-state index >= 15 is 0 Å². The van der Waals surface area contributed by atoms with Crippen molar-refractivity contribution in [3.8, 4) is 5.75 Å². The summed E-state index contributed by atoms with van der Waals surface area (Å²) in [5.74, 6) is 0.695. The SMILES string of the molecule is COc1cccc([C@]23CCN(C)C=C2CCC(OC(C)=O)C3)c1. The summed E-state index contributed by atoms with van der Waals surface area (Å²) in [6.45, 7) is 2.51. The van der Waals surface area contributed by atoms with Crippen LogP contribution in [0, 0.1) is 0 Å². The fourth-order valence-corrected chi connectivity index (χ4v) is 4.03. The molecular weight excluding hydrogens is 290 g/mol. The lowest BCUT2D eigenvalue weighted by Gasteiger charge is -2.47. The predicted molar refractivity (Wildman–Crippen MR) is 89.4 cm³/mol. The maximum atomic E-state index is 11.4. The van der Waals surface area contributed by atoms with Gasteiger partial charge in [-0.15, -0.1) is 0 Å². The van der Waals surface area contributed by atoms with E-state index in [9.17, 15) is 4.79 Å². The van der Waals surface area contributed by atoms with Gasteiger partial charge in [0.15, 0.2) is 0 Å². The summed E-state index contributed by atoms with van der Waals surface area (Å²) in [4.78, 5) is 13.7. The average Bonchev–Trinajstić information content (AvgIpc) is 2.54. The number of allylic oxidation sites excluding steroid dienone is 1. The van der Waals surface area contributed by atoms with E-state index in [0.717, 1.165) is 38.0 Å². The minimum atomic E-state index is -0.184. The van der Waals surface area contributed by atoms with Gasteiger partial charge in [0.25, 0.3) is 0 Å². The van der Waals surface area contributed by atoms with Gasteiger partial charge in [0.05, 0.1) is 7.11 Å². The van der Waals surface area contributed by atoms with Gasteiger partial charge >= 0.3 is 5.97 Å². The van der Waals surface area contributed by atoms with Gasteiger partial charge in [0.2, 0.25) is 0 Å². The number of rotatable bonds is 3. The van der Waals surface area contributed by atoms with Crippen molar-refractivity contribution in [1.29, 1.82) is 0 Å². The Kier molecular flexibility index (Phi) is 4.33. The molecule has 1 unspecified atom stereocenters. The van der Waals surface area contributed by atoms with Gasteiger partial charge in [-0.1, -0.05) is 12.1 Å². The molecule has 0 aromatic heterocycles. The second-order valence-corrected chi connectivity index (χ2v) is 6.67. The minimum absolute atomic E-state index is 0.000688. The molecule has 0 saturated heterocycles. The summed E-state index contributed by atoms with van der Waals surface area (Å²) >= 11 is 0. The molecule has 0 N–H and O–H groups in total. The van der Waals surface area contributed by atoms with Gasteiger partial charge < -0.3 is 14.4 Å². The number of carbonyl (C=O) groups is 1. The van der Waals surface area contributed by atoms with E-state index in [1.165, 1.54) is 18.1 Å². The van der Waals surface area contributed by atoms with Gasteiger partial charge in [-0.2, -0.15) is 0 Å². The van der Waals surface area contributed by atoms with E-state index in [4.69, 9.17) is 9.47 Å². The van der Waals surface area contributed by atoms with Crippen LogP contribution in [-0.4, -0.2) is 37.7 Å². The van der Waals surface area contributed by atoms with Crippen LogP contribution < -0.4 is 4.74 Å². The number of benzene rings is 1. The van der Waals surface area contributed by atoms with Crippen molar-refractivity contribution < 1.29 is 14.3 Å². The summed E-state index contributed by atoms with van der Waals surface area (Å²) in [6.07, 6.45) is 6.07. The zero-order valence-electron chi connectivity index (χ0n) is 14.2. The normalized spacial score (nSPS) is 27.0. The largest absolute Gasteiger partial charge is 0.497 e. The third kappa shape index (κ3) is 3.07. The molecule has 4 nitrogen and oxygen atoms in total. The number of esters is 1. The average molecular weight is 315 g/mol. The van der Waals surface area contributed by atoms with Gasteiger partial charge in [0.1, 0.15) is 11.9 Å². The van der Waals surface area contributed by atoms with Crippen LogP contribution in [0.4, 0.5) is 0 Å². The second-order valence-electron chi connectivity index (χ2n) is 6.67. The lowest BCUT2D eigenvalue weighted by molar-refractivity contribution is -0.148. The molecule has 2 atom stereocenters. The zero-order chi connectivity index (χ0) is 16.4. The molecule has 1 aromatic carbocycles. The topological polar surface area (TPSA) is 38.8 Å². The first-order chi connectivity index (χ1) is 11.0. The first-order valence-electron chi connectivity index (χ1n) is 8.27. The molecule has 1 aromatic rings. The Labute approximate surface area is 138 Å². The summed E-state index contributed by atoms with van der Waals surface area (Å²) in [7, 11) is 3.82. The molecule has 1 fully saturated rings. The van der Waals surface area contributed by atoms with E-state index in [2.05, 4.69) is 30.3 Å². The number of hydrogen-bond donors (Lipinski definition) is 0. The van der Waals surface area contributed by atoms with Gasteiger partial charge in [-0.3, -0.25) is 4.79 Å². The van der Waals surface area contributed by atoms with Gasteiger partial charge in [0, 0.05) is 25.9 Å². The maximum absolute atomic E-state index is 11.4. The Morgan fingerprint density at radius 2 is 2.22 bits per heavy atom. The predicted octanol–water partition coefficient (Wildman–Crippen LogP) is 3.27. The Morgan fingerprint density at radius 3 is 2.96 bits per heavy atom. The summed E-state index contributed by atoms with van der Waals surface area (Å²) < 4.78 is 11.0. The highest BCUT2D eigenvalue weighted by molar-refractivity contribution is 5.66. The third-order valence-corrected chi connectivity index (χ3v) is 5.15.